The van der Waals surface area contributed by atoms with Crippen molar-refractivity contribution in [1.29, 1.82) is 0 Å². The third-order valence-electron chi connectivity index (χ3n) is 3.89. The number of esters is 1. The Morgan fingerprint density at radius 1 is 1.19 bits per heavy atom. The first-order valence-electron chi connectivity index (χ1n) is 6.98. The van der Waals surface area contributed by atoms with Crippen LogP contribution in [0.4, 0.5) is 5.69 Å². The molecule has 0 saturated carbocycles. The first-order valence-corrected chi connectivity index (χ1v) is 6.98. The molecule has 4 heteroatoms. The number of carbonyl (C=O) groups is 1. The van der Waals surface area contributed by atoms with E-state index >= 15 is 0 Å². The average molecular weight is 282 g/mol. The van der Waals surface area contributed by atoms with E-state index in [4.69, 9.17) is 10.5 Å². The second-order valence-corrected chi connectivity index (χ2v) is 5.24. The highest BCUT2D eigenvalue weighted by molar-refractivity contribution is 5.90. The van der Waals surface area contributed by atoms with E-state index in [1.165, 1.54) is 18.2 Å². The monoisotopic (exact) mass is 282 g/mol. The van der Waals surface area contributed by atoms with Crippen LogP contribution in [0.2, 0.25) is 0 Å². The standard InChI is InChI=1S/C17H18N2O2/c1-21-17(20)11-5-4-6-12(9-11)19-16-10-15(18)13-7-2-3-8-14(13)16/h2-9,15-16,19H,10,18H2,1H3. The second-order valence-electron chi connectivity index (χ2n) is 5.24. The fraction of sp³-hybridized carbons (Fsp3) is 0.235. The summed E-state index contributed by atoms with van der Waals surface area (Å²) in [7, 11) is 1.38. The number of ether oxygens (including phenoxy) is 1. The van der Waals surface area contributed by atoms with Gasteiger partial charge in [0.05, 0.1) is 18.7 Å². The van der Waals surface area contributed by atoms with Crippen molar-refractivity contribution in [1.82, 2.24) is 0 Å². The summed E-state index contributed by atoms with van der Waals surface area (Å²) >= 11 is 0. The van der Waals surface area contributed by atoms with Gasteiger partial charge in [-0.15, -0.1) is 0 Å². The molecule has 2 atom stereocenters. The largest absolute Gasteiger partial charge is 0.465 e. The molecule has 2 unspecified atom stereocenters. The lowest BCUT2D eigenvalue weighted by Gasteiger charge is -2.16. The van der Waals surface area contributed by atoms with Gasteiger partial charge in [-0.1, -0.05) is 30.3 Å². The van der Waals surface area contributed by atoms with E-state index in [9.17, 15) is 4.79 Å². The van der Waals surface area contributed by atoms with Gasteiger partial charge in [0.15, 0.2) is 0 Å². The number of nitrogens with one attached hydrogen (secondary N) is 1. The van der Waals surface area contributed by atoms with Crippen LogP contribution in [0.15, 0.2) is 48.5 Å². The number of nitrogens with two attached hydrogens (primary N) is 1. The quantitative estimate of drug-likeness (QED) is 0.849. The van der Waals surface area contributed by atoms with E-state index in [0.717, 1.165) is 12.1 Å². The van der Waals surface area contributed by atoms with Crippen LogP contribution < -0.4 is 11.1 Å². The summed E-state index contributed by atoms with van der Waals surface area (Å²) in [4.78, 5) is 11.6. The average Bonchev–Trinajstić information content (AvgIpc) is 2.83. The van der Waals surface area contributed by atoms with Crippen molar-refractivity contribution in [3.63, 3.8) is 0 Å². The van der Waals surface area contributed by atoms with Gasteiger partial charge in [0.25, 0.3) is 0 Å². The molecule has 0 fully saturated rings. The topological polar surface area (TPSA) is 64.3 Å². The van der Waals surface area contributed by atoms with Crippen LogP contribution in [0.25, 0.3) is 0 Å². The lowest BCUT2D eigenvalue weighted by atomic mass is 10.1. The minimum absolute atomic E-state index is 0.0579. The van der Waals surface area contributed by atoms with Crippen molar-refractivity contribution in [2.45, 2.75) is 18.5 Å². The summed E-state index contributed by atoms with van der Waals surface area (Å²) < 4.78 is 4.75. The van der Waals surface area contributed by atoms with E-state index < -0.39 is 0 Å². The van der Waals surface area contributed by atoms with Crippen molar-refractivity contribution >= 4 is 11.7 Å². The highest BCUT2D eigenvalue weighted by Gasteiger charge is 2.28. The highest BCUT2D eigenvalue weighted by atomic mass is 16.5. The molecule has 4 nitrogen and oxygen atoms in total. The molecule has 2 aromatic carbocycles. The smallest absolute Gasteiger partial charge is 0.337 e. The zero-order valence-corrected chi connectivity index (χ0v) is 11.9. The third kappa shape index (κ3) is 2.62. The molecule has 2 aromatic rings. The van der Waals surface area contributed by atoms with Gasteiger partial charge in [0, 0.05) is 11.7 Å². The van der Waals surface area contributed by atoms with Gasteiger partial charge in [-0.05, 0) is 35.7 Å². The molecular weight excluding hydrogens is 264 g/mol. The normalized spacial score (nSPS) is 19.9. The molecule has 21 heavy (non-hydrogen) atoms. The lowest BCUT2D eigenvalue weighted by molar-refractivity contribution is 0.0601. The van der Waals surface area contributed by atoms with Crippen molar-refractivity contribution in [3.8, 4) is 0 Å². The van der Waals surface area contributed by atoms with Crippen molar-refractivity contribution < 1.29 is 9.53 Å². The summed E-state index contributed by atoms with van der Waals surface area (Å²) in [5.41, 5.74) is 10.0. The lowest BCUT2D eigenvalue weighted by Crippen LogP contribution is -2.10. The number of hydrogen-bond acceptors (Lipinski definition) is 4. The Kier molecular flexibility index (Phi) is 3.62. The predicted octanol–water partition coefficient (Wildman–Crippen LogP) is 3.03. The van der Waals surface area contributed by atoms with Crippen LogP contribution in [0.3, 0.4) is 0 Å². The van der Waals surface area contributed by atoms with Gasteiger partial charge in [0.2, 0.25) is 0 Å². The molecule has 0 aromatic heterocycles. The maximum atomic E-state index is 11.6. The molecule has 3 N–H and O–H groups in total. The number of benzene rings is 2. The number of rotatable bonds is 3. The van der Waals surface area contributed by atoms with Crippen molar-refractivity contribution in [2.75, 3.05) is 12.4 Å². The molecule has 0 radical (unpaired) electrons. The number of carbonyl (C=O) groups excluding carboxylic acids is 1. The van der Waals surface area contributed by atoms with E-state index in [1.54, 1.807) is 12.1 Å². The van der Waals surface area contributed by atoms with Crippen LogP contribution in [-0.2, 0) is 4.74 Å². The SMILES string of the molecule is COC(=O)c1cccc(NC2CC(N)c3ccccc32)c1. The van der Waals surface area contributed by atoms with Crippen LogP contribution in [0, 0.1) is 0 Å². The summed E-state index contributed by atoms with van der Waals surface area (Å²) in [6, 6.07) is 15.8. The van der Waals surface area contributed by atoms with E-state index in [0.29, 0.717) is 5.56 Å². The zero-order valence-electron chi connectivity index (χ0n) is 11.9. The number of anilines is 1. The minimum atomic E-state index is -0.331. The van der Waals surface area contributed by atoms with Crippen molar-refractivity contribution in [2.24, 2.45) is 5.73 Å². The van der Waals surface area contributed by atoms with Gasteiger partial charge in [-0.2, -0.15) is 0 Å². The van der Waals surface area contributed by atoms with Crippen molar-refractivity contribution in [3.05, 3.63) is 65.2 Å². The third-order valence-corrected chi connectivity index (χ3v) is 3.89. The van der Waals surface area contributed by atoms with Gasteiger partial charge in [-0.25, -0.2) is 4.79 Å². The van der Waals surface area contributed by atoms with E-state index in [-0.39, 0.29) is 18.1 Å². The molecule has 3 rings (SSSR count). The Balaban J connectivity index is 1.84. The first-order chi connectivity index (χ1) is 10.2. The molecule has 0 spiro atoms. The van der Waals surface area contributed by atoms with Gasteiger partial charge >= 0.3 is 5.97 Å². The number of fused-ring (bicyclic) bond motifs is 1. The molecule has 0 bridgehead atoms. The predicted molar refractivity (Wildman–Crippen MR) is 82.1 cm³/mol. The molecular formula is C17H18N2O2. The maximum absolute atomic E-state index is 11.6. The summed E-state index contributed by atoms with van der Waals surface area (Å²) in [5, 5.41) is 3.46. The number of hydrogen-bond donors (Lipinski definition) is 2. The van der Waals surface area contributed by atoms with Crippen LogP contribution in [0.5, 0.6) is 0 Å². The van der Waals surface area contributed by atoms with Gasteiger partial charge < -0.3 is 15.8 Å². The molecule has 1 aliphatic carbocycles. The fourth-order valence-corrected chi connectivity index (χ4v) is 2.87. The summed E-state index contributed by atoms with van der Waals surface area (Å²) in [6.45, 7) is 0. The van der Waals surface area contributed by atoms with Crippen LogP contribution in [0.1, 0.15) is 40.0 Å². The fourth-order valence-electron chi connectivity index (χ4n) is 2.87. The molecule has 0 amide bonds. The van der Waals surface area contributed by atoms with Gasteiger partial charge in [0.1, 0.15) is 0 Å². The Morgan fingerprint density at radius 2 is 1.95 bits per heavy atom. The van der Waals surface area contributed by atoms with E-state index in [2.05, 4.69) is 17.4 Å². The second kappa shape index (κ2) is 5.58. The summed E-state index contributed by atoms with van der Waals surface area (Å²) in [5.74, 6) is -0.331. The molecule has 0 heterocycles. The number of methoxy groups -OCH3 is 1. The molecule has 0 aliphatic heterocycles. The molecule has 108 valence electrons. The summed E-state index contributed by atoms with van der Waals surface area (Å²) in [6.07, 6.45) is 0.849. The maximum Gasteiger partial charge on any atom is 0.337 e. The highest BCUT2D eigenvalue weighted by Crippen LogP contribution is 2.39. The Labute approximate surface area is 123 Å². The molecule has 1 aliphatic rings. The van der Waals surface area contributed by atoms with Crippen LogP contribution >= 0.6 is 0 Å². The Morgan fingerprint density at radius 3 is 2.71 bits per heavy atom. The van der Waals surface area contributed by atoms with E-state index in [1.807, 2.05) is 24.3 Å². The van der Waals surface area contributed by atoms with Crippen LogP contribution in [-0.4, -0.2) is 13.1 Å². The molecule has 0 saturated heterocycles. The van der Waals surface area contributed by atoms with Gasteiger partial charge in [-0.3, -0.25) is 0 Å². The minimum Gasteiger partial charge on any atom is -0.465 e. The Hall–Kier alpha value is -2.33. The zero-order chi connectivity index (χ0) is 14.8. The Bertz CT molecular complexity index is 669. The first kappa shape index (κ1) is 13.6.